The molecule has 0 saturated carbocycles. The number of hydrogen-bond donors (Lipinski definition) is 1. The second-order valence-corrected chi connectivity index (χ2v) is 6.29. The third kappa shape index (κ3) is 3.08. The predicted molar refractivity (Wildman–Crippen MR) is 79.3 cm³/mol. The number of benzene rings is 1. The second-order valence-electron chi connectivity index (χ2n) is 4.85. The zero-order chi connectivity index (χ0) is 15.0. The number of fused-ring (bicyclic) bond motifs is 1. The maximum Gasteiger partial charge on any atom is 0.255 e. The fourth-order valence-corrected chi connectivity index (χ4v) is 3.40. The van der Waals surface area contributed by atoms with E-state index in [4.69, 9.17) is 11.6 Å². The van der Waals surface area contributed by atoms with Gasteiger partial charge in [0.2, 0.25) is 5.91 Å². The molecule has 0 aliphatic carbocycles. The number of carbonyl (C=O) groups is 1. The highest BCUT2D eigenvalue weighted by molar-refractivity contribution is 7.22. The number of anilines is 1. The Morgan fingerprint density at radius 2 is 2.29 bits per heavy atom. The molecule has 2 aromatic rings. The van der Waals surface area contributed by atoms with E-state index in [2.05, 4.69) is 10.3 Å². The quantitative estimate of drug-likeness (QED) is 0.937. The maximum atomic E-state index is 12.0. The molecule has 8 heteroatoms. The zero-order valence-corrected chi connectivity index (χ0v) is 12.4. The van der Waals surface area contributed by atoms with Crippen LogP contribution in [-0.4, -0.2) is 37.0 Å². The monoisotopic (exact) mass is 331 g/mol. The standard InChI is InChI=1S/C13H12ClF2N3OS/c14-8-1-2-9-10(3-8)21-13(18-9)19-5-7(6-19)12(20)17-4-11(15)16/h1-3,7,11H,4-6H2,(H,17,20). The van der Waals surface area contributed by atoms with Crippen molar-refractivity contribution in [3.8, 4) is 0 Å². The highest BCUT2D eigenvalue weighted by Crippen LogP contribution is 2.34. The van der Waals surface area contributed by atoms with Crippen LogP contribution in [0.4, 0.5) is 13.9 Å². The van der Waals surface area contributed by atoms with Gasteiger partial charge in [0, 0.05) is 18.1 Å². The summed E-state index contributed by atoms with van der Waals surface area (Å²) in [5.74, 6) is -0.574. The first-order chi connectivity index (χ1) is 10.0. The van der Waals surface area contributed by atoms with Gasteiger partial charge in [-0.3, -0.25) is 4.79 Å². The largest absolute Gasteiger partial charge is 0.350 e. The highest BCUT2D eigenvalue weighted by Gasteiger charge is 2.34. The van der Waals surface area contributed by atoms with E-state index in [9.17, 15) is 13.6 Å². The average molecular weight is 332 g/mol. The van der Waals surface area contributed by atoms with Gasteiger partial charge in [-0.2, -0.15) is 0 Å². The Bertz CT molecular complexity index is 672. The van der Waals surface area contributed by atoms with E-state index in [1.54, 1.807) is 6.07 Å². The summed E-state index contributed by atoms with van der Waals surface area (Å²) < 4.78 is 25.0. The smallest absolute Gasteiger partial charge is 0.255 e. The molecule has 1 aromatic carbocycles. The number of amides is 1. The lowest BCUT2D eigenvalue weighted by molar-refractivity contribution is -0.126. The molecule has 1 aliphatic rings. The molecule has 112 valence electrons. The molecule has 21 heavy (non-hydrogen) atoms. The van der Waals surface area contributed by atoms with Crippen LogP contribution in [0.15, 0.2) is 18.2 Å². The van der Waals surface area contributed by atoms with E-state index in [0.717, 1.165) is 15.3 Å². The van der Waals surface area contributed by atoms with Crippen molar-refractivity contribution >= 4 is 44.2 Å². The van der Waals surface area contributed by atoms with E-state index >= 15 is 0 Å². The zero-order valence-electron chi connectivity index (χ0n) is 10.9. The molecule has 0 bridgehead atoms. The third-order valence-corrected chi connectivity index (χ3v) is 4.61. The SMILES string of the molecule is O=C(NCC(F)F)C1CN(c2nc3ccc(Cl)cc3s2)C1. The Morgan fingerprint density at radius 1 is 1.52 bits per heavy atom. The minimum Gasteiger partial charge on any atom is -0.350 e. The van der Waals surface area contributed by atoms with Gasteiger partial charge in [0.05, 0.1) is 22.7 Å². The van der Waals surface area contributed by atoms with E-state index in [1.807, 2.05) is 17.0 Å². The van der Waals surface area contributed by atoms with Crippen molar-refractivity contribution in [2.75, 3.05) is 24.5 Å². The van der Waals surface area contributed by atoms with Gasteiger partial charge in [-0.15, -0.1) is 0 Å². The van der Waals surface area contributed by atoms with Gasteiger partial charge in [0.15, 0.2) is 5.13 Å². The molecule has 0 atom stereocenters. The first-order valence-electron chi connectivity index (χ1n) is 6.40. The molecule has 1 aromatic heterocycles. The summed E-state index contributed by atoms with van der Waals surface area (Å²) in [7, 11) is 0. The molecular formula is C13H12ClF2N3OS. The summed E-state index contributed by atoms with van der Waals surface area (Å²) in [6.07, 6.45) is -2.51. The summed E-state index contributed by atoms with van der Waals surface area (Å²) in [6, 6.07) is 5.49. The van der Waals surface area contributed by atoms with Crippen molar-refractivity contribution < 1.29 is 13.6 Å². The molecule has 3 rings (SSSR count). The number of rotatable bonds is 4. The van der Waals surface area contributed by atoms with Gasteiger partial charge in [-0.05, 0) is 18.2 Å². The number of nitrogens with one attached hydrogen (secondary N) is 1. The summed E-state index contributed by atoms with van der Waals surface area (Å²) in [6.45, 7) is 0.417. The van der Waals surface area contributed by atoms with Crippen LogP contribution in [0.2, 0.25) is 5.02 Å². The Kier molecular flexibility index (Phi) is 3.95. The van der Waals surface area contributed by atoms with Crippen LogP contribution < -0.4 is 10.2 Å². The molecule has 4 nitrogen and oxygen atoms in total. The molecule has 1 amide bonds. The van der Waals surface area contributed by atoms with Crippen molar-refractivity contribution in [2.24, 2.45) is 5.92 Å². The molecule has 1 aliphatic heterocycles. The lowest BCUT2D eigenvalue weighted by atomic mass is 10.0. The first-order valence-corrected chi connectivity index (χ1v) is 7.59. The average Bonchev–Trinajstić information content (AvgIpc) is 2.76. The van der Waals surface area contributed by atoms with Crippen LogP contribution in [0.1, 0.15) is 0 Å². The Hall–Kier alpha value is -1.47. The summed E-state index contributed by atoms with van der Waals surface area (Å²) >= 11 is 7.44. The van der Waals surface area contributed by atoms with Crippen LogP contribution in [-0.2, 0) is 4.79 Å². The fraction of sp³-hybridized carbons (Fsp3) is 0.385. The van der Waals surface area contributed by atoms with Gasteiger partial charge >= 0.3 is 0 Å². The number of aromatic nitrogens is 1. The minimum absolute atomic E-state index is 0.251. The predicted octanol–water partition coefficient (Wildman–Crippen LogP) is 2.77. The van der Waals surface area contributed by atoms with Gasteiger partial charge in [-0.1, -0.05) is 22.9 Å². The van der Waals surface area contributed by atoms with Gasteiger partial charge in [-0.25, -0.2) is 13.8 Å². The topological polar surface area (TPSA) is 45.2 Å². The minimum atomic E-state index is -2.51. The lowest BCUT2D eigenvalue weighted by Crippen LogP contribution is -2.54. The van der Waals surface area contributed by atoms with Crippen LogP contribution in [0.25, 0.3) is 10.2 Å². The van der Waals surface area contributed by atoms with E-state index in [-0.39, 0.29) is 11.8 Å². The Labute approximate surface area is 128 Å². The Morgan fingerprint density at radius 3 is 3.00 bits per heavy atom. The fourth-order valence-electron chi connectivity index (χ4n) is 2.14. The maximum absolute atomic E-state index is 12.0. The van der Waals surface area contributed by atoms with Crippen molar-refractivity contribution in [1.82, 2.24) is 10.3 Å². The normalized spacial score (nSPS) is 15.5. The Balaban J connectivity index is 1.61. The van der Waals surface area contributed by atoms with Crippen molar-refractivity contribution in [3.63, 3.8) is 0 Å². The summed E-state index contributed by atoms with van der Waals surface area (Å²) in [4.78, 5) is 18.1. The highest BCUT2D eigenvalue weighted by atomic mass is 35.5. The number of hydrogen-bond acceptors (Lipinski definition) is 4. The number of halogens is 3. The van der Waals surface area contributed by atoms with Gasteiger partial charge in [0.25, 0.3) is 6.43 Å². The van der Waals surface area contributed by atoms with E-state index in [1.165, 1.54) is 11.3 Å². The van der Waals surface area contributed by atoms with Crippen LogP contribution in [0.5, 0.6) is 0 Å². The van der Waals surface area contributed by atoms with Crippen molar-refractivity contribution in [3.05, 3.63) is 23.2 Å². The molecule has 1 N–H and O–H groups in total. The molecule has 0 spiro atoms. The molecule has 2 heterocycles. The van der Waals surface area contributed by atoms with Gasteiger partial charge < -0.3 is 10.2 Å². The molecule has 0 unspecified atom stereocenters. The summed E-state index contributed by atoms with van der Waals surface area (Å²) in [5, 5.41) is 3.72. The lowest BCUT2D eigenvalue weighted by Gasteiger charge is -2.37. The molecular weight excluding hydrogens is 320 g/mol. The molecule has 1 fully saturated rings. The number of carbonyl (C=O) groups excluding carboxylic acids is 1. The third-order valence-electron chi connectivity index (χ3n) is 3.29. The van der Waals surface area contributed by atoms with Crippen LogP contribution >= 0.6 is 22.9 Å². The van der Waals surface area contributed by atoms with Gasteiger partial charge in [0.1, 0.15) is 0 Å². The first kappa shape index (κ1) is 14.5. The summed E-state index contributed by atoms with van der Waals surface area (Å²) in [5.41, 5.74) is 0.866. The molecule has 1 saturated heterocycles. The number of alkyl halides is 2. The number of nitrogens with zero attached hydrogens (tertiary/aromatic N) is 2. The van der Waals surface area contributed by atoms with Crippen molar-refractivity contribution in [1.29, 1.82) is 0 Å². The number of thiazole rings is 1. The van der Waals surface area contributed by atoms with Crippen LogP contribution in [0.3, 0.4) is 0 Å². The second kappa shape index (κ2) is 5.73. The van der Waals surface area contributed by atoms with Crippen molar-refractivity contribution in [2.45, 2.75) is 6.43 Å². The van der Waals surface area contributed by atoms with E-state index in [0.29, 0.717) is 18.1 Å². The van der Waals surface area contributed by atoms with Crippen LogP contribution in [0, 0.1) is 5.92 Å². The molecule has 0 radical (unpaired) electrons. The van der Waals surface area contributed by atoms with E-state index < -0.39 is 13.0 Å².